The van der Waals surface area contributed by atoms with Crippen molar-refractivity contribution in [2.45, 2.75) is 32.4 Å². The van der Waals surface area contributed by atoms with Crippen LogP contribution in [0.15, 0.2) is 18.3 Å². The van der Waals surface area contributed by atoms with Crippen molar-refractivity contribution in [2.24, 2.45) is 0 Å². The van der Waals surface area contributed by atoms with Crippen molar-refractivity contribution in [3.8, 4) is 0 Å². The van der Waals surface area contributed by atoms with E-state index in [0.717, 1.165) is 18.3 Å². The number of esters is 1. The summed E-state index contributed by atoms with van der Waals surface area (Å²) in [5, 5.41) is 19.7. The quantitative estimate of drug-likeness (QED) is 0.480. The molecule has 1 heterocycles. The second-order valence-corrected chi connectivity index (χ2v) is 4.64. The van der Waals surface area contributed by atoms with E-state index in [4.69, 9.17) is 14.9 Å². The number of carbonyl (C=O) groups is 4. The topological polar surface area (TPSA) is 143 Å². The van der Waals surface area contributed by atoms with Crippen LogP contribution in [0.3, 0.4) is 0 Å². The molecule has 2 atom stereocenters. The molecule has 0 aromatic carbocycles. The first-order valence-corrected chi connectivity index (χ1v) is 6.69. The Morgan fingerprint density at radius 2 is 1.91 bits per heavy atom. The Bertz CT molecular complexity index is 612. The van der Waals surface area contributed by atoms with Gasteiger partial charge in [0.05, 0.1) is 11.7 Å². The lowest BCUT2D eigenvalue weighted by molar-refractivity contribution is -0.158. The minimum Gasteiger partial charge on any atom is -0.479 e. The van der Waals surface area contributed by atoms with E-state index in [-0.39, 0.29) is 11.3 Å². The SMILES string of the molecule is CCC(C)OC(=O)C(NC(=O)c1ccc(C(=O)O)cn1)C(=O)O. The van der Waals surface area contributed by atoms with Gasteiger partial charge in [0.2, 0.25) is 6.04 Å². The summed E-state index contributed by atoms with van der Waals surface area (Å²) in [5.74, 6) is -4.82. The fourth-order valence-electron chi connectivity index (χ4n) is 1.43. The fraction of sp³-hybridized carbons (Fsp3) is 0.357. The van der Waals surface area contributed by atoms with Crippen molar-refractivity contribution < 1.29 is 34.1 Å². The molecule has 1 aromatic rings. The number of ether oxygens (including phenoxy) is 1. The van der Waals surface area contributed by atoms with Gasteiger partial charge in [-0.2, -0.15) is 0 Å². The van der Waals surface area contributed by atoms with Gasteiger partial charge in [0.1, 0.15) is 5.69 Å². The third-order valence-electron chi connectivity index (χ3n) is 2.89. The summed E-state index contributed by atoms with van der Waals surface area (Å²) >= 11 is 0. The van der Waals surface area contributed by atoms with Crippen LogP contribution < -0.4 is 5.32 Å². The smallest absolute Gasteiger partial charge is 0.340 e. The highest BCUT2D eigenvalue weighted by Crippen LogP contribution is 2.03. The van der Waals surface area contributed by atoms with Gasteiger partial charge in [0.15, 0.2) is 0 Å². The van der Waals surface area contributed by atoms with E-state index in [2.05, 4.69) is 4.98 Å². The van der Waals surface area contributed by atoms with Gasteiger partial charge in [-0.05, 0) is 25.5 Å². The van der Waals surface area contributed by atoms with Gasteiger partial charge in [-0.15, -0.1) is 0 Å². The molecule has 9 nitrogen and oxygen atoms in total. The predicted molar refractivity (Wildman–Crippen MR) is 75.9 cm³/mol. The number of aromatic nitrogens is 1. The molecule has 9 heteroatoms. The first-order valence-electron chi connectivity index (χ1n) is 6.69. The fourth-order valence-corrected chi connectivity index (χ4v) is 1.43. The average molecular weight is 324 g/mol. The van der Waals surface area contributed by atoms with Crippen LogP contribution in [0.2, 0.25) is 0 Å². The Morgan fingerprint density at radius 3 is 2.35 bits per heavy atom. The van der Waals surface area contributed by atoms with Crippen molar-refractivity contribution >= 4 is 23.8 Å². The third kappa shape index (κ3) is 5.06. The number of aliphatic carboxylic acids is 1. The summed E-state index contributed by atoms with van der Waals surface area (Å²) in [4.78, 5) is 49.1. The number of hydrogen-bond donors (Lipinski definition) is 3. The zero-order chi connectivity index (χ0) is 17.6. The molecule has 1 amide bonds. The van der Waals surface area contributed by atoms with Gasteiger partial charge >= 0.3 is 17.9 Å². The molecule has 0 fully saturated rings. The molecule has 0 aliphatic carbocycles. The van der Waals surface area contributed by atoms with Crippen molar-refractivity contribution in [1.82, 2.24) is 10.3 Å². The lowest BCUT2D eigenvalue weighted by Crippen LogP contribution is -2.48. The molecule has 3 N–H and O–H groups in total. The molecule has 124 valence electrons. The molecule has 2 unspecified atom stereocenters. The van der Waals surface area contributed by atoms with Crippen molar-refractivity contribution in [2.75, 3.05) is 0 Å². The van der Waals surface area contributed by atoms with Crippen LogP contribution in [-0.2, 0) is 14.3 Å². The number of carboxylic acids is 2. The maximum Gasteiger partial charge on any atom is 0.340 e. The second-order valence-electron chi connectivity index (χ2n) is 4.64. The van der Waals surface area contributed by atoms with Gasteiger partial charge in [-0.3, -0.25) is 9.78 Å². The number of nitrogens with one attached hydrogen (secondary N) is 1. The van der Waals surface area contributed by atoms with Gasteiger partial charge < -0.3 is 20.3 Å². The van der Waals surface area contributed by atoms with Crippen LogP contribution in [0.4, 0.5) is 0 Å². The summed E-state index contributed by atoms with van der Waals surface area (Å²) in [6.07, 6.45) is 0.948. The molecular formula is C14H16N2O7. The van der Waals surface area contributed by atoms with Gasteiger partial charge in [-0.25, -0.2) is 14.4 Å². The maximum absolute atomic E-state index is 11.9. The largest absolute Gasteiger partial charge is 0.479 e. The number of nitrogens with zero attached hydrogens (tertiary/aromatic N) is 1. The summed E-state index contributed by atoms with van der Waals surface area (Å²) in [7, 11) is 0. The zero-order valence-corrected chi connectivity index (χ0v) is 12.5. The highest BCUT2D eigenvalue weighted by atomic mass is 16.5. The number of carboxylic acid groups (broad SMARTS) is 2. The Kier molecular flexibility index (Phi) is 6.19. The number of pyridine rings is 1. The molecule has 23 heavy (non-hydrogen) atoms. The third-order valence-corrected chi connectivity index (χ3v) is 2.89. The summed E-state index contributed by atoms with van der Waals surface area (Å²) < 4.78 is 4.88. The highest BCUT2D eigenvalue weighted by Gasteiger charge is 2.31. The number of carbonyl (C=O) groups excluding carboxylic acids is 2. The molecule has 0 saturated heterocycles. The Labute approximate surface area is 131 Å². The van der Waals surface area contributed by atoms with Crippen LogP contribution in [-0.4, -0.2) is 51.2 Å². The predicted octanol–water partition coefficient (Wildman–Crippen LogP) is 0.304. The van der Waals surface area contributed by atoms with E-state index in [1.165, 1.54) is 0 Å². The molecular weight excluding hydrogens is 308 g/mol. The molecule has 0 bridgehead atoms. The van der Waals surface area contributed by atoms with Gasteiger partial charge in [0.25, 0.3) is 5.91 Å². The summed E-state index contributed by atoms with van der Waals surface area (Å²) in [5.41, 5.74) is -0.356. The van der Waals surface area contributed by atoms with Crippen LogP contribution in [0, 0.1) is 0 Å². The second kappa shape index (κ2) is 7.87. The van der Waals surface area contributed by atoms with E-state index in [9.17, 15) is 19.2 Å². The minimum absolute atomic E-state index is 0.132. The summed E-state index contributed by atoms with van der Waals surface area (Å²) in [6.45, 7) is 3.34. The number of amides is 1. The molecule has 1 rings (SSSR count). The van der Waals surface area contributed by atoms with Gasteiger partial charge in [-0.1, -0.05) is 6.92 Å². The van der Waals surface area contributed by atoms with Crippen molar-refractivity contribution in [1.29, 1.82) is 0 Å². The lowest BCUT2D eigenvalue weighted by atomic mass is 10.2. The van der Waals surface area contributed by atoms with Crippen LogP contribution in [0.1, 0.15) is 41.1 Å². The van der Waals surface area contributed by atoms with Crippen LogP contribution >= 0.6 is 0 Å². The normalized spacial score (nSPS) is 12.8. The molecule has 0 aliphatic rings. The molecule has 0 spiro atoms. The van der Waals surface area contributed by atoms with Crippen LogP contribution in [0.25, 0.3) is 0 Å². The number of aromatic carboxylic acids is 1. The average Bonchev–Trinajstić information content (AvgIpc) is 2.51. The van der Waals surface area contributed by atoms with Crippen molar-refractivity contribution in [3.63, 3.8) is 0 Å². The van der Waals surface area contributed by atoms with E-state index >= 15 is 0 Å². The van der Waals surface area contributed by atoms with E-state index in [1.54, 1.807) is 13.8 Å². The van der Waals surface area contributed by atoms with Gasteiger partial charge in [0, 0.05) is 6.20 Å². The molecule has 0 radical (unpaired) electrons. The number of rotatable bonds is 7. The first-order chi connectivity index (χ1) is 10.8. The van der Waals surface area contributed by atoms with E-state index in [1.807, 2.05) is 5.32 Å². The minimum atomic E-state index is -1.88. The zero-order valence-electron chi connectivity index (χ0n) is 12.5. The maximum atomic E-state index is 11.9. The standard InChI is InChI=1S/C14H16N2O7/c1-3-7(2)23-14(22)10(13(20)21)16-11(17)9-5-4-8(6-15-9)12(18)19/h4-7,10H,3H2,1-2H3,(H,16,17)(H,18,19)(H,20,21). The highest BCUT2D eigenvalue weighted by molar-refractivity contribution is 6.04. The number of hydrogen-bond acceptors (Lipinski definition) is 6. The monoisotopic (exact) mass is 324 g/mol. The Morgan fingerprint density at radius 1 is 1.26 bits per heavy atom. The molecule has 0 saturated carbocycles. The van der Waals surface area contributed by atoms with Crippen molar-refractivity contribution in [3.05, 3.63) is 29.6 Å². The first kappa shape index (κ1) is 18.1. The summed E-state index contributed by atoms with van der Waals surface area (Å²) in [6, 6.07) is 0.368. The lowest BCUT2D eigenvalue weighted by Gasteiger charge is -2.16. The molecule has 1 aromatic heterocycles. The molecule has 0 aliphatic heterocycles. The Balaban J connectivity index is 2.83. The van der Waals surface area contributed by atoms with E-state index < -0.39 is 36.0 Å². The Hall–Kier alpha value is -2.97. The van der Waals surface area contributed by atoms with Crippen LogP contribution in [0.5, 0.6) is 0 Å². The van der Waals surface area contributed by atoms with E-state index in [0.29, 0.717) is 6.42 Å².